The van der Waals surface area contributed by atoms with Gasteiger partial charge in [0, 0.05) is 36.3 Å². The van der Waals surface area contributed by atoms with Crippen molar-refractivity contribution in [1.29, 1.82) is 0 Å². The summed E-state index contributed by atoms with van der Waals surface area (Å²) < 4.78 is 0. The number of amides is 3. The zero-order valence-electron chi connectivity index (χ0n) is 11.4. The maximum Gasteiger partial charge on any atom is 0.255 e. The molecule has 1 atom stereocenters. The fourth-order valence-corrected chi connectivity index (χ4v) is 3.44. The van der Waals surface area contributed by atoms with Crippen LogP contribution in [0, 0.1) is 0 Å². The number of anilines is 1. The van der Waals surface area contributed by atoms with Crippen LogP contribution in [0.5, 0.6) is 0 Å². The maximum absolute atomic E-state index is 12.6. The van der Waals surface area contributed by atoms with E-state index in [-0.39, 0.29) is 24.1 Å². The SMILES string of the molecule is O=C1CCC(N2Cc3c(ccc4c3NCC4)C2=O)C(=O)N1. The second-order valence-electron chi connectivity index (χ2n) is 5.70. The maximum atomic E-state index is 12.6. The molecule has 108 valence electrons. The molecule has 0 spiro atoms. The van der Waals surface area contributed by atoms with E-state index in [1.165, 1.54) is 5.56 Å². The third kappa shape index (κ3) is 1.75. The van der Waals surface area contributed by atoms with Crippen LogP contribution in [0.4, 0.5) is 5.69 Å². The topological polar surface area (TPSA) is 78.5 Å². The molecule has 3 heterocycles. The Morgan fingerprint density at radius 3 is 2.81 bits per heavy atom. The Bertz CT molecular complexity index is 683. The van der Waals surface area contributed by atoms with Crippen molar-refractivity contribution < 1.29 is 14.4 Å². The summed E-state index contributed by atoms with van der Waals surface area (Å²) in [6, 6.07) is 3.30. The van der Waals surface area contributed by atoms with Gasteiger partial charge in [-0.1, -0.05) is 6.07 Å². The van der Waals surface area contributed by atoms with E-state index in [1.54, 1.807) is 4.90 Å². The highest BCUT2D eigenvalue weighted by Gasteiger charge is 2.40. The van der Waals surface area contributed by atoms with Crippen molar-refractivity contribution >= 4 is 23.4 Å². The summed E-state index contributed by atoms with van der Waals surface area (Å²) in [7, 11) is 0. The molecular weight excluding hydrogens is 270 g/mol. The molecule has 1 unspecified atom stereocenters. The summed E-state index contributed by atoms with van der Waals surface area (Å²) in [5.74, 6) is -0.740. The van der Waals surface area contributed by atoms with Crippen molar-refractivity contribution in [1.82, 2.24) is 10.2 Å². The fraction of sp³-hybridized carbons (Fsp3) is 0.400. The highest BCUT2D eigenvalue weighted by Crippen LogP contribution is 2.36. The number of rotatable bonds is 1. The van der Waals surface area contributed by atoms with Gasteiger partial charge in [0.15, 0.2) is 0 Å². The molecule has 6 heteroatoms. The lowest BCUT2D eigenvalue weighted by atomic mass is 10.0. The number of carbonyl (C=O) groups excluding carboxylic acids is 3. The minimum atomic E-state index is -0.542. The number of nitrogens with zero attached hydrogens (tertiary/aromatic N) is 1. The molecule has 1 aromatic carbocycles. The van der Waals surface area contributed by atoms with E-state index in [2.05, 4.69) is 10.6 Å². The number of fused-ring (bicyclic) bond motifs is 3. The normalized spacial score (nSPS) is 23.7. The lowest BCUT2D eigenvalue weighted by Crippen LogP contribution is -2.52. The highest BCUT2D eigenvalue weighted by atomic mass is 16.2. The van der Waals surface area contributed by atoms with Crippen LogP contribution in [0.25, 0.3) is 0 Å². The van der Waals surface area contributed by atoms with Crippen LogP contribution in [0.2, 0.25) is 0 Å². The Morgan fingerprint density at radius 1 is 1.14 bits per heavy atom. The molecule has 0 bridgehead atoms. The second-order valence-corrected chi connectivity index (χ2v) is 5.70. The Balaban J connectivity index is 1.67. The highest BCUT2D eigenvalue weighted by molar-refractivity contribution is 6.06. The molecule has 1 aromatic rings. The first-order chi connectivity index (χ1) is 10.1. The third-order valence-electron chi connectivity index (χ3n) is 4.50. The Hall–Kier alpha value is -2.37. The predicted molar refractivity (Wildman–Crippen MR) is 74.7 cm³/mol. The van der Waals surface area contributed by atoms with Gasteiger partial charge in [0.2, 0.25) is 11.8 Å². The van der Waals surface area contributed by atoms with Gasteiger partial charge in [-0.15, -0.1) is 0 Å². The summed E-state index contributed by atoms with van der Waals surface area (Å²) in [5, 5.41) is 5.65. The van der Waals surface area contributed by atoms with Crippen molar-refractivity contribution in [3.8, 4) is 0 Å². The molecular formula is C15H15N3O3. The van der Waals surface area contributed by atoms with Crippen LogP contribution in [-0.2, 0) is 22.6 Å². The predicted octanol–water partition coefficient (Wildman–Crippen LogP) is 0.416. The first kappa shape index (κ1) is 12.4. The summed E-state index contributed by atoms with van der Waals surface area (Å²) in [5.41, 5.74) is 3.94. The standard InChI is InChI=1S/C15H15N3O3/c19-12-4-3-11(14(20)17-12)18-7-10-9(15(18)21)2-1-8-5-6-16-13(8)10/h1-2,11,16H,3-7H2,(H,17,19,20). The minimum Gasteiger partial charge on any atom is -0.384 e. The number of nitrogens with one attached hydrogen (secondary N) is 2. The van der Waals surface area contributed by atoms with Gasteiger partial charge in [0.25, 0.3) is 5.91 Å². The number of hydrogen-bond acceptors (Lipinski definition) is 4. The van der Waals surface area contributed by atoms with E-state index in [0.29, 0.717) is 18.5 Å². The molecule has 3 amide bonds. The van der Waals surface area contributed by atoms with Gasteiger partial charge in [0.05, 0.1) is 0 Å². The monoisotopic (exact) mass is 285 g/mol. The summed E-state index contributed by atoms with van der Waals surface area (Å²) in [6.45, 7) is 1.33. The lowest BCUT2D eigenvalue weighted by Gasteiger charge is -2.29. The number of imide groups is 1. The van der Waals surface area contributed by atoms with Gasteiger partial charge in [0.1, 0.15) is 6.04 Å². The number of hydrogen-bond donors (Lipinski definition) is 2. The molecule has 0 aliphatic carbocycles. The molecule has 0 aromatic heterocycles. The van der Waals surface area contributed by atoms with Gasteiger partial charge in [-0.05, 0) is 24.5 Å². The Kier molecular flexibility index (Phi) is 2.54. The minimum absolute atomic E-state index is 0.115. The Labute approximate surface area is 121 Å². The van der Waals surface area contributed by atoms with Crippen molar-refractivity contribution in [2.24, 2.45) is 0 Å². The van der Waals surface area contributed by atoms with E-state index in [9.17, 15) is 14.4 Å². The van der Waals surface area contributed by atoms with E-state index in [1.807, 2.05) is 12.1 Å². The molecule has 4 rings (SSSR count). The van der Waals surface area contributed by atoms with Gasteiger partial charge >= 0.3 is 0 Å². The van der Waals surface area contributed by atoms with Crippen molar-refractivity contribution in [3.63, 3.8) is 0 Å². The molecule has 1 fully saturated rings. The van der Waals surface area contributed by atoms with E-state index < -0.39 is 6.04 Å². The number of benzene rings is 1. The Morgan fingerprint density at radius 2 is 2.00 bits per heavy atom. The molecule has 2 N–H and O–H groups in total. The van der Waals surface area contributed by atoms with E-state index in [0.717, 1.165) is 24.2 Å². The molecule has 1 saturated heterocycles. The molecule has 0 saturated carbocycles. The van der Waals surface area contributed by atoms with E-state index in [4.69, 9.17) is 0 Å². The number of piperidine rings is 1. The largest absolute Gasteiger partial charge is 0.384 e. The smallest absolute Gasteiger partial charge is 0.255 e. The average molecular weight is 285 g/mol. The van der Waals surface area contributed by atoms with Crippen LogP contribution < -0.4 is 10.6 Å². The van der Waals surface area contributed by atoms with Crippen molar-refractivity contribution in [2.75, 3.05) is 11.9 Å². The quantitative estimate of drug-likeness (QED) is 0.733. The number of carbonyl (C=O) groups is 3. The molecule has 3 aliphatic rings. The van der Waals surface area contributed by atoms with Crippen LogP contribution in [0.1, 0.15) is 34.3 Å². The molecule has 3 aliphatic heterocycles. The van der Waals surface area contributed by atoms with Crippen LogP contribution in [-0.4, -0.2) is 35.2 Å². The molecule has 6 nitrogen and oxygen atoms in total. The van der Waals surface area contributed by atoms with Gasteiger partial charge in [-0.25, -0.2) is 0 Å². The van der Waals surface area contributed by atoms with Crippen molar-refractivity contribution in [2.45, 2.75) is 31.8 Å². The first-order valence-corrected chi connectivity index (χ1v) is 7.18. The van der Waals surface area contributed by atoms with Gasteiger partial charge < -0.3 is 10.2 Å². The summed E-state index contributed by atoms with van der Waals surface area (Å²) in [4.78, 5) is 37.4. The zero-order chi connectivity index (χ0) is 14.6. The molecule has 0 radical (unpaired) electrons. The average Bonchev–Trinajstić information content (AvgIpc) is 3.04. The lowest BCUT2D eigenvalue weighted by molar-refractivity contribution is -0.136. The van der Waals surface area contributed by atoms with Gasteiger partial charge in [-0.2, -0.15) is 0 Å². The summed E-state index contributed by atoms with van der Waals surface area (Å²) >= 11 is 0. The zero-order valence-corrected chi connectivity index (χ0v) is 11.4. The van der Waals surface area contributed by atoms with Crippen LogP contribution >= 0.6 is 0 Å². The van der Waals surface area contributed by atoms with Gasteiger partial charge in [-0.3, -0.25) is 19.7 Å². The van der Waals surface area contributed by atoms with Crippen LogP contribution in [0.3, 0.4) is 0 Å². The van der Waals surface area contributed by atoms with Crippen molar-refractivity contribution in [3.05, 3.63) is 28.8 Å². The third-order valence-corrected chi connectivity index (χ3v) is 4.50. The second kappa shape index (κ2) is 4.31. The first-order valence-electron chi connectivity index (χ1n) is 7.18. The van der Waals surface area contributed by atoms with E-state index >= 15 is 0 Å². The fourth-order valence-electron chi connectivity index (χ4n) is 3.44. The molecule has 21 heavy (non-hydrogen) atoms. The van der Waals surface area contributed by atoms with Crippen LogP contribution in [0.15, 0.2) is 12.1 Å². The summed E-state index contributed by atoms with van der Waals surface area (Å²) in [6.07, 6.45) is 1.65.